The number of hydrogen-bond donors (Lipinski definition) is 1. The van der Waals surface area contributed by atoms with Gasteiger partial charge >= 0.3 is 0 Å². The highest BCUT2D eigenvalue weighted by atomic mass is 15.3. The number of nitrogens with one attached hydrogen (secondary N) is 1. The second-order valence-electron chi connectivity index (χ2n) is 4.94. The van der Waals surface area contributed by atoms with Crippen LogP contribution >= 0.6 is 0 Å². The van der Waals surface area contributed by atoms with E-state index in [9.17, 15) is 0 Å². The fourth-order valence-corrected chi connectivity index (χ4v) is 1.72. The van der Waals surface area contributed by atoms with Gasteiger partial charge in [-0.3, -0.25) is 4.68 Å². The van der Waals surface area contributed by atoms with Gasteiger partial charge in [0.15, 0.2) is 0 Å². The molecule has 0 radical (unpaired) electrons. The molecule has 0 saturated heterocycles. The van der Waals surface area contributed by atoms with E-state index in [4.69, 9.17) is 0 Å². The summed E-state index contributed by atoms with van der Waals surface area (Å²) in [4.78, 5) is 2.18. The average Bonchev–Trinajstić information content (AvgIpc) is 2.99. The highest BCUT2D eigenvalue weighted by Gasteiger charge is 2.20. The molecule has 0 aromatic carbocycles. The summed E-state index contributed by atoms with van der Waals surface area (Å²) >= 11 is 0. The van der Waals surface area contributed by atoms with Gasteiger partial charge in [-0.1, -0.05) is 0 Å². The van der Waals surface area contributed by atoms with E-state index in [1.54, 1.807) is 0 Å². The SMILES string of the molecule is Cc1c(CNC2CC2)cnn1CCN(C)C. The molecule has 1 aliphatic carbocycles. The first kappa shape index (κ1) is 11.6. The summed E-state index contributed by atoms with van der Waals surface area (Å²) in [6.07, 6.45) is 4.68. The molecule has 0 amide bonds. The van der Waals surface area contributed by atoms with Crippen molar-refractivity contribution in [3.8, 4) is 0 Å². The van der Waals surface area contributed by atoms with Crippen LogP contribution in [0.3, 0.4) is 0 Å². The lowest BCUT2D eigenvalue weighted by molar-refractivity contribution is 0.370. The van der Waals surface area contributed by atoms with Crippen LogP contribution in [-0.4, -0.2) is 41.4 Å². The van der Waals surface area contributed by atoms with Crippen LogP contribution in [-0.2, 0) is 13.1 Å². The molecule has 1 N–H and O–H groups in total. The van der Waals surface area contributed by atoms with Gasteiger partial charge in [-0.2, -0.15) is 5.10 Å². The average molecular weight is 222 g/mol. The molecule has 1 fully saturated rings. The molecule has 1 aromatic heterocycles. The van der Waals surface area contributed by atoms with Crippen molar-refractivity contribution in [2.75, 3.05) is 20.6 Å². The Morgan fingerprint density at radius 2 is 2.25 bits per heavy atom. The second-order valence-corrected chi connectivity index (χ2v) is 4.94. The number of aromatic nitrogens is 2. The molecule has 90 valence electrons. The molecule has 0 bridgehead atoms. The Morgan fingerprint density at radius 1 is 1.50 bits per heavy atom. The predicted molar refractivity (Wildman–Crippen MR) is 65.4 cm³/mol. The summed E-state index contributed by atoms with van der Waals surface area (Å²) in [5.74, 6) is 0. The summed E-state index contributed by atoms with van der Waals surface area (Å²) in [6.45, 7) is 5.14. The normalized spacial score (nSPS) is 16.0. The van der Waals surface area contributed by atoms with Crippen LogP contribution < -0.4 is 5.32 Å². The maximum atomic E-state index is 4.44. The lowest BCUT2D eigenvalue weighted by Gasteiger charge is -2.11. The van der Waals surface area contributed by atoms with E-state index >= 15 is 0 Å². The topological polar surface area (TPSA) is 33.1 Å². The van der Waals surface area contributed by atoms with E-state index < -0.39 is 0 Å². The van der Waals surface area contributed by atoms with Gasteiger partial charge < -0.3 is 10.2 Å². The van der Waals surface area contributed by atoms with E-state index in [0.29, 0.717) is 0 Å². The zero-order chi connectivity index (χ0) is 11.5. The van der Waals surface area contributed by atoms with Gasteiger partial charge in [0, 0.05) is 30.4 Å². The van der Waals surface area contributed by atoms with Crippen molar-refractivity contribution in [3.63, 3.8) is 0 Å². The maximum Gasteiger partial charge on any atom is 0.0539 e. The summed E-state index contributed by atoms with van der Waals surface area (Å²) in [5.41, 5.74) is 2.64. The van der Waals surface area contributed by atoms with Crippen LogP contribution in [0.25, 0.3) is 0 Å². The minimum Gasteiger partial charge on any atom is -0.310 e. The van der Waals surface area contributed by atoms with Crippen molar-refractivity contribution in [1.82, 2.24) is 20.0 Å². The molecule has 16 heavy (non-hydrogen) atoms. The molecular weight excluding hydrogens is 200 g/mol. The van der Waals surface area contributed by atoms with Crippen LogP contribution in [0, 0.1) is 6.92 Å². The quantitative estimate of drug-likeness (QED) is 0.779. The molecule has 4 nitrogen and oxygen atoms in total. The molecule has 1 aromatic rings. The van der Waals surface area contributed by atoms with E-state index in [-0.39, 0.29) is 0 Å². The van der Waals surface area contributed by atoms with Gasteiger partial charge in [0.2, 0.25) is 0 Å². The Morgan fingerprint density at radius 3 is 2.88 bits per heavy atom. The van der Waals surface area contributed by atoms with E-state index in [2.05, 4.69) is 41.0 Å². The highest BCUT2D eigenvalue weighted by molar-refractivity contribution is 5.16. The van der Waals surface area contributed by atoms with Crippen molar-refractivity contribution < 1.29 is 0 Å². The second kappa shape index (κ2) is 4.97. The van der Waals surface area contributed by atoms with E-state index in [1.165, 1.54) is 24.1 Å². The lowest BCUT2D eigenvalue weighted by Crippen LogP contribution is -2.20. The largest absolute Gasteiger partial charge is 0.310 e. The fraction of sp³-hybridized carbons (Fsp3) is 0.750. The Balaban J connectivity index is 1.88. The zero-order valence-corrected chi connectivity index (χ0v) is 10.5. The molecule has 0 spiro atoms. The van der Waals surface area contributed by atoms with Crippen LogP contribution in [0.4, 0.5) is 0 Å². The Bertz CT molecular complexity index is 315. The standard InChI is InChI=1S/C12H22N4/c1-10-11(8-13-12-4-5-12)9-14-16(10)7-6-15(2)3/h9,12-13H,4-8H2,1-3H3. The first-order valence-corrected chi connectivity index (χ1v) is 6.06. The Hall–Kier alpha value is -0.870. The summed E-state index contributed by atoms with van der Waals surface area (Å²) < 4.78 is 2.10. The third-order valence-electron chi connectivity index (χ3n) is 3.12. The Kier molecular flexibility index (Phi) is 3.61. The lowest BCUT2D eigenvalue weighted by atomic mass is 10.2. The molecule has 4 heteroatoms. The van der Waals surface area contributed by atoms with Crippen LogP contribution in [0.2, 0.25) is 0 Å². The van der Waals surface area contributed by atoms with Gasteiger partial charge in [0.25, 0.3) is 0 Å². The molecule has 1 heterocycles. The molecular formula is C12H22N4. The van der Waals surface area contributed by atoms with Crippen molar-refractivity contribution in [2.24, 2.45) is 0 Å². The first-order valence-electron chi connectivity index (χ1n) is 6.06. The van der Waals surface area contributed by atoms with Crippen molar-refractivity contribution >= 4 is 0 Å². The van der Waals surface area contributed by atoms with Crippen LogP contribution in [0.5, 0.6) is 0 Å². The van der Waals surface area contributed by atoms with Gasteiger partial charge in [0.05, 0.1) is 12.7 Å². The smallest absolute Gasteiger partial charge is 0.0539 e. The first-order chi connectivity index (χ1) is 7.66. The molecule has 2 rings (SSSR count). The third-order valence-corrected chi connectivity index (χ3v) is 3.12. The van der Waals surface area contributed by atoms with E-state index in [1.807, 2.05) is 6.20 Å². The van der Waals surface area contributed by atoms with Gasteiger partial charge in [-0.25, -0.2) is 0 Å². The minimum atomic E-state index is 0.768. The summed E-state index contributed by atoms with van der Waals surface area (Å²) in [5, 5.41) is 7.96. The molecule has 1 saturated carbocycles. The number of likely N-dealkylation sites (N-methyl/N-ethyl adjacent to an activating group) is 1. The molecule has 0 aliphatic heterocycles. The van der Waals surface area contributed by atoms with Gasteiger partial charge in [0.1, 0.15) is 0 Å². The van der Waals surface area contributed by atoms with Crippen molar-refractivity contribution in [1.29, 1.82) is 0 Å². The number of hydrogen-bond acceptors (Lipinski definition) is 3. The number of rotatable bonds is 6. The third kappa shape index (κ3) is 3.06. The van der Waals surface area contributed by atoms with Crippen molar-refractivity contribution in [3.05, 3.63) is 17.5 Å². The minimum absolute atomic E-state index is 0.768. The summed E-state index contributed by atoms with van der Waals surface area (Å²) in [6, 6.07) is 0.768. The molecule has 0 unspecified atom stereocenters. The van der Waals surface area contributed by atoms with Crippen LogP contribution in [0.1, 0.15) is 24.1 Å². The number of nitrogens with zero attached hydrogens (tertiary/aromatic N) is 3. The summed E-state index contributed by atoms with van der Waals surface area (Å²) in [7, 11) is 4.18. The highest BCUT2D eigenvalue weighted by Crippen LogP contribution is 2.19. The van der Waals surface area contributed by atoms with Gasteiger partial charge in [-0.15, -0.1) is 0 Å². The predicted octanol–water partition coefficient (Wildman–Crippen LogP) is 1.01. The fourth-order valence-electron chi connectivity index (χ4n) is 1.72. The molecule has 0 atom stereocenters. The van der Waals surface area contributed by atoms with Crippen LogP contribution in [0.15, 0.2) is 6.20 Å². The van der Waals surface area contributed by atoms with Gasteiger partial charge in [-0.05, 0) is 33.9 Å². The zero-order valence-electron chi connectivity index (χ0n) is 10.5. The van der Waals surface area contributed by atoms with Crippen molar-refractivity contribution in [2.45, 2.75) is 38.9 Å². The Labute approximate surface area is 97.6 Å². The maximum absolute atomic E-state index is 4.44. The monoisotopic (exact) mass is 222 g/mol. The molecule has 1 aliphatic rings. The van der Waals surface area contributed by atoms with E-state index in [0.717, 1.165) is 25.7 Å².